The molecule has 3 nitrogen and oxygen atoms in total. The maximum Gasteiger partial charge on any atom is 0.178 e. The number of hydrogen-bond acceptors (Lipinski definition) is 3. The molecule has 0 fully saturated rings. The number of pyridine rings is 1. The first-order chi connectivity index (χ1) is 7.68. The predicted octanol–water partition coefficient (Wildman–Crippen LogP) is 3.15. The van der Waals surface area contributed by atoms with E-state index in [0.29, 0.717) is 5.82 Å². The second-order valence-electron chi connectivity index (χ2n) is 3.57. The molecule has 0 aliphatic heterocycles. The number of aryl methyl sites for hydroxylation is 1. The lowest BCUT2D eigenvalue weighted by Gasteiger charge is -2.07. The Hall–Kier alpha value is -1.48. The zero-order valence-corrected chi connectivity index (χ0v) is 9.94. The van der Waals surface area contributed by atoms with Crippen molar-refractivity contribution in [2.45, 2.75) is 19.2 Å². The summed E-state index contributed by atoms with van der Waals surface area (Å²) in [5, 5.41) is -0.0715. The van der Waals surface area contributed by atoms with Crippen molar-refractivity contribution in [2.24, 2.45) is 0 Å². The zero-order chi connectivity index (χ0) is 11.5. The fourth-order valence-electron chi connectivity index (χ4n) is 1.49. The number of halogens is 1. The molecule has 1 atom stereocenters. The SMILES string of the molecule is Cc1nc(-c2ccccn2)ncc1C(C)Cl. The Morgan fingerprint density at radius 1 is 1.25 bits per heavy atom. The summed E-state index contributed by atoms with van der Waals surface area (Å²) in [7, 11) is 0. The largest absolute Gasteiger partial charge is 0.253 e. The van der Waals surface area contributed by atoms with Gasteiger partial charge in [-0.15, -0.1) is 11.6 Å². The molecule has 82 valence electrons. The van der Waals surface area contributed by atoms with Crippen molar-refractivity contribution < 1.29 is 0 Å². The van der Waals surface area contributed by atoms with Gasteiger partial charge >= 0.3 is 0 Å². The van der Waals surface area contributed by atoms with Crippen molar-refractivity contribution in [1.29, 1.82) is 0 Å². The van der Waals surface area contributed by atoms with Crippen LogP contribution >= 0.6 is 11.6 Å². The van der Waals surface area contributed by atoms with E-state index in [1.54, 1.807) is 12.4 Å². The fraction of sp³-hybridized carbons (Fsp3) is 0.250. The normalized spacial score (nSPS) is 12.4. The predicted molar refractivity (Wildman–Crippen MR) is 64.3 cm³/mol. The summed E-state index contributed by atoms with van der Waals surface area (Å²) in [5.41, 5.74) is 2.64. The van der Waals surface area contributed by atoms with E-state index in [0.717, 1.165) is 17.0 Å². The minimum atomic E-state index is -0.0715. The smallest absolute Gasteiger partial charge is 0.178 e. The molecule has 0 aliphatic rings. The summed E-state index contributed by atoms with van der Waals surface area (Å²) in [6.45, 7) is 3.84. The molecule has 2 aromatic heterocycles. The highest BCUT2D eigenvalue weighted by Crippen LogP contribution is 2.22. The van der Waals surface area contributed by atoms with Crippen LogP contribution < -0.4 is 0 Å². The van der Waals surface area contributed by atoms with Gasteiger partial charge in [0.15, 0.2) is 5.82 Å². The van der Waals surface area contributed by atoms with Gasteiger partial charge in [-0.3, -0.25) is 4.98 Å². The molecular formula is C12H12ClN3. The van der Waals surface area contributed by atoms with E-state index in [1.165, 1.54) is 0 Å². The van der Waals surface area contributed by atoms with Crippen molar-refractivity contribution >= 4 is 11.6 Å². The summed E-state index contributed by atoms with van der Waals surface area (Å²) in [4.78, 5) is 12.9. The van der Waals surface area contributed by atoms with Crippen molar-refractivity contribution in [2.75, 3.05) is 0 Å². The molecule has 0 spiro atoms. The van der Waals surface area contributed by atoms with Crippen LogP contribution in [-0.4, -0.2) is 15.0 Å². The summed E-state index contributed by atoms with van der Waals surface area (Å²) >= 11 is 6.01. The van der Waals surface area contributed by atoms with Crippen LogP contribution in [0, 0.1) is 6.92 Å². The molecule has 2 rings (SSSR count). The zero-order valence-electron chi connectivity index (χ0n) is 9.18. The first-order valence-corrected chi connectivity index (χ1v) is 5.51. The minimum Gasteiger partial charge on any atom is -0.253 e. The quantitative estimate of drug-likeness (QED) is 0.748. The molecule has 0 aliphatic carbocycles. The van der Waals surface area contributed by atoms with E-state index in [4.69, 9.17) is 11.6 Å². The maximum atomic E-state index is 6.01. The first kappa shape index (κ1) is 11.0. The molecular weight excluding hydrogens is 222 g/mol. The molecule has 16 heavy (non-hydrogen) atoms. The van der Waals surface area contributed by atoms with Gasteiger partial charge in [0.1, 0.15) is 5.69 Å². The van der Waals surface area contributed by atoms with Gasteiger partial charge in [0.05, 0.1) is 5.38 Å². The molecule has 2 aromatic rings. The molecule has 0 amide bonds. The Bertz CT molecular complexity index is 483. The van der Waals surface area contributed by atoms with Crippen LogP contribution in [0.1, 0.15) is 23.6 Å². The van der Waals surface area contributed by atoms with Gasteiger partial charge in [-0.25, -0.2) is 9.97 Å². The number of aromatic nitrogens is 3. The summed E-state index contributed by atoms with van der Waals surface area (Å²) in [6, 6.07) is 5.67. The second kappa shape index (κ2) is 4.58. The Morgan fingerprint density at radius 3 is 2.62 bits per heavy atom. The number of hydrogen-bond donors (Lipinski definition) is 0. The van der Waals surface area contributed by atoms with Crippen LogP contribution in [0.4, 0.5) is 0 Å². The lowest BCUT2D eigenvalue weighted by atomic mass is 10.2. The van der Waals surface area contributed by atoms with Gasteiger partial charge in [0, 0.05) is 23.7 Å². The average molecular weight is 234 g/mol. The summed E-state index contributed by atoms with van der Waals surface area (Å²) in [6.07, 6.45) is 3.50. The maximum absolute atomic E-state index is 6.01. The molecule has 0 bridgehead atoms. The highest BCUT2D eigenvalue weighted by molar-refractivity contribution is 6.20. The van der Waals surface area contributed by atoms with E-state index >= 15 is 0 Å². The van der Waals surface area contributed by atoms with E-state index in [2.05, 4.69) is 15.0 Å². The fourth-order valence-corrected chi connectivity index (χ4v) is 1.70. The molecule has 0 saturated carbocycles. The highest BCUT2D eigenvalue weighted by atomic mass is 35.5. The van der Waals surface area contributed by atoms with E-state index in [9.17, 15) is 0 Å². The topological polar surface area (TPSA) is 38.7 Å². The lowest BCUT2D eigenvalue weighted by Crippen LogP contribution is -1.99. The molecule has 4 heteroatoms. The third-order valence-corrected chi connectivity index (χ3v) is 2.57. The first-order valence-electron chi connectivity index (χ1n) is 5.07. The van der Waals surface area contributed by atoms with Crippen LogP contribution in [0.2, 0.25) is 0 Å². The molecule has 2 heterocycles. The van der Waals surface area contributed by atoms with E-state index in [1.807, 2.05) is 32.0 Å². The Labute approximate surface area is 99.5 Å². The van der Waals surface area contributed by atoms with Crippen molar-refractivity contribution in [1.82, 2.24) is 15.0 Å². The Kier molecular flexibility index (Phi) is 3.15. The number of rotatable bonds is 2. The molecule has 1 unspecified atom stereocenters. The van der Waals surface area contributed by atoms with E-state index < -0.39 is 0 Å². The molecule has 0 N–H and O–H groups in total. The van der Waals surface area contributed by atoms with Gasteiger partial charge in [0.25, 0.3) is 0 Å². The van der Waals surface area contributed by atoms with Gasteiger partial charge in [-0.05, 0) is 26.0 Å². The van der Waals surface area contributed by atoms with Crippen molar-refractivity contribution in [3.05, 3.63) is 41.9 Å². The number of alkyl halides is 1. The standard InChI is InChI=1S/C12H12ClN3/c1-8(13)10-7-15-12(16-9(10)2)11-5-3-4-6-14-11/h3-8H,1-2H3. The van der Waals surface area contributed by atoms with E-state index in [-0.39, 0.29) is 5.38 Å². The third kappa shape index (κ3) is 2.19. The van der Waals surface area contributed by atoms with Crippen LogP contribution in [0.3, 0.4) is 0 Å². The van der Waals surface area contributed by atoms with Crippen molar-refractivity contribution in [3.8, 4) is 11.5 Å². The average Bonchev–Trinajstić information content (AvgIpc) is 2.29. The van der Waals surface area contributed by atoms with Gasteiger partial charge in [0.2, 0.25) is 0 Å². The Morgan fingerprint density at radius 2 is 2.06 bits per heavy atom. The Balaban J connectivity index is 2.43. The van der Waals surface area contributed by atoms with Gasteiger partial charge in [-0.1, -0.05) is 6.07 Å². The molecule has 0 aromatic carbocycles. The van der Waals surface area contributed by atoms with Gasteiger partial charge in [-0.2, -0.15) is 0 Å². The van der Waals surface area contributed by atoms with Gasteiger partial charge < -0.3 is 0 Å². The highest BCUT2D eigenvalue weighted by Gasteiger charge is 2.09. The third-order valence-electron chi connectivity index (χ3n) is 2.34. The summed E-state index contributed by atoms with van der Waals surface area (Å²) in [5.74, 6) is 0.638. The van der Waals surface area contributed by atoms with Crippen LogP contribution in [0.25, 0.3) is 11.5 Å². The van der Waals surface area contributed by atoms with Crippen LogP contribution in [-0.2, 0) is 0 Å². The summed E-state index contributed by atoms with van der Waals surface area (Å²) < 4.78 is 0. The second-order valence-corrected chi connectivity index (χ2v) is 4.22. The van der Waals surface area contributed by atoms with Crippen molar-refractivity contribution in [3.63, 3.8) is 0 Å². The molecule has 0 saturated heterocycles. The van der Waals surface area contributed by atoms with Crippen LogP contribution in [0.15, 0.2) is 30.6 Å². The monoisotopic (exact) mass is 233 g/mol. The minimum absolute atomic E-state index is 0.0715. The molecule has 0 radical (unpaired) electrons. The van der Waals surface area contributed by atoms with Crippen LogP contribution in [0.5, 0.6) is 0 Å². The number of nitrogens with zero attached hydrogens (tertiary/aromatic N) is 3. The lowest BCUT2D eigenvalue weighted by molar-refractivity contribution is 0.971.